The van der Waals surface area contributed by atoms with Gasteiger partial charge in [0.2, 0.25) is 0 Å². The van der Waals surface area contributed by atoms with Crippen LogP contribution in [0.2, 0.25) is 0 Å². The molecule has 0 heterocycles. The van der Waals surface area contributed by atoms with Gasteiger partial charge in [0.05, 0.1) is 16.3 Å². The normalized spacial score (nSPS) is 11.1. The van der Waals surface area contributed by atoms with Gasteiger partial charge in [-0.3, -0.25) is 10.1 Å². The van der Waals surface area contributed by atoms with Crippen LogP contribution in [0.1, 0.15) is 0 Å². The Kier molecular flexibility index (Phi) is 4.20. The summed E-state index contributed by atoms with van der Waals surface area (Å²) < 4.78 is 0. The Balaban J connectivity index is 1.98. The first kappa shape index (κ1) is 15.6. The van der Waals surface area contributed by atoms with Gasteiger partial charge < -0.3 is 4.90 Å². The summed E-state index contributed by atoms with van der Waals surface area (Å²) in [5.74, 6) is 0. The number of hydrogen-bond acceptors (Lipinski definition) is 5. The lowest BCUT2D eigenvalue weighted by Crippen LogP contribution is -2.08. The molecule has 0 aliphatic carbocycles. The zero-order chi connectivity index (χ0) is 17.1. The zero-order valence-electron chi connectivity index (χ0n) is 13.4. The number of nitro benzene ring substituents is 1. The van der Waals surface area contributed by atoms with E-state index in [1.54, 1.807) is 12.1 Å². The molecule has 0 saturated heterocycles. The molecule has 3 rings (SSSR count). The number of azo groups is 1. The summed E-state index contributed by atoms with van der Waals surface area (Å²) in [5.41, 5.74) is 2.48. The Labute approximate surface area is 139 Å². The Morgan fingerprint density at radius 2 is 1.54 bits per heavy atom. The number of nitro groups is 1. The average molecular weight is 320 g/mol. The highest BCUT2D eigenvalue weighted by Crippen LogP contribution is 2.34. The van der Waals surface area contributed by atoms with E-state index in [2.05, 4.69) is 21.2 Å². The molecule has 6 heteroatoms. The quantitative estimate of drug-likeness (QED) is 0.375. The summed E-state index contributed by atoms with van der Waals surface area (Å²) >= 11 is 0. The van der Waals surface area contributed by atoms with Gasteiger partial charge in [-0.15, -0.1) is 5.11 Å². The highest BCUT2D eigenvalue weighted by molar-refractivity contribution is 6.01. The molecule has 6 nitrogen and oxygen atoms in total. The highest BCUT2D eigenvalue weighted by Gasteiger charge is 2.07. The Morgan fingerprint density at radius 1 is 0.875 bits per heavy atom. The first-order chi connectivity index (χ1) is 11.6. The largest absolute Gasteiger partial charge is 0.377 e. The van der Waals surface area contributed by atoms with Gasteiger partial charge in [-0.2, -0.15) is 5.11 Å². The van der Waals surface area contributed by atoms with Crippen LogP contribution in [0.15, 0.2) is 70.9 Å². The molecule has 0 aliphatic heterocycles. The molecule has 0 atom stereocenters. The van der Waals surface area contributed by atoms with Crippen molar-refractivity contribution in [3.05, 3.63) is 70.8 Å². The molecule has 0 bridgehead atoms. The first-order valence-corrected chi connectivity index (χ1v) is 7.41. The van der Waals surface area contributed by atoms with Gasteiger partial charge in [0.25, 0.3) is 5.69 Å². The van der Waals surface area contributed by atoms with Gasteiger partial charge in [-0.25, -0.2) is 0 Å². The Morgan fingerprint density at radius 3 is 2.17 bits per heavy atom. The fraction of sp³-hybridized carbons (Fsp3) is 0.111. The highest BCUT2D eigenvalue weighted by atomic mass is 16.6. The van der Waals surface area contributed by atoms with Crippen molar-refractivity contribution in [2.45, 2.75) is 0 Å². The molecule has 3 aromatic rings. The van der Waals surface area contributed by atoms with E-state index in [-0.39, 0.29) is 5.69 Å². The predicted octanol–water partition coefficient (Wildman–Crippen LogP) is 5.23. The molecule has 0 N–H and O–H groups in total. The molecule has 0 saturated carbocycles. The average Bonchev–Trinajstić information content (AvgIpc) is 2.59. The number of anilines is 1. The van der Waals surface area contributed by atoms with Crippen LogP contribution in [0.5, 0.6) is 0 Å². The van der Waals surface area contributed by atoms with Crippen LogP contribution in [0, 0.1) is 10.1 Å². The lowest BCUT2D eigenvalue weighted by atomic mass is 10.1. The maximum absolute atomic E-state index is 10.7. The number of non-ortho nitro benzene ring substituents is 1. The van der Waals surface area contributed by atoms with Crippen LogP contribution < -0.4 is 4.90 Å². The molecule has 0 spiro atoms. The fourth-order valence-electron chi connectivity index (χ4n) is 2.50. The molecular formula is C18H16N4O2. The summed E-state index contributed by atoms with van der Waals surface area (Å²) in [4.78, 5) is 12.3. The van der Waals surface area contributed by atoms with Crippen LogP contribution in [0.3, 0.4) is 0 Å². The van der Waals surface area contributed by atoms with Crippen molar-refractivity contribution in [1.82, 2.24) is 0 Å². The minimum Gasteiger partial charge on any atom is -0.377 e. The Bertz CT molecular complexity index is 918. The predicted molar refractivity (Wildman–Crippen MR) is 95.5 cm³/mol. The van der Waals surface area contributed by atoms with E-state index in [1.165, 1.54) is 12.1 Å². The number of benzene rings is 3. The second kappa shape index (κ2) is 6.45. The summed E-state index contributed by atoms with van der Waals surface area (Å²) in [6, 6.07) is 17.9. The topological polar surface area (TPSA) is 71.1 Å². The van der Waals surface area contributed by atoms with Crippen LogP contribution >= 0.6 is 0 Å². The van der Waals surface area contributed by atoms with Crippen molar-refractivity contribution in [2.24, 2.45) is 10.2 Å². The maximum Gasteiger partial charge on any atom is 0.269 e. The van der Waals surface area contributed by atoms with Crippen molar-refractivity contribution < 1.29 is 4.92 Å². The molecule has 3 aromatic carbocycles. The van der Waals surface area contributed by atoms with Gasteiger partial charge in [0, 0.05) is 42.7 Å². The number of fused-ring (bicyclic) bond motifs is 1. The van der Waals surface area contributed by atoms with Crippen molar-refractivity contribution in [3.63, 3.8) is 0 Å². The molecule has 0 radical (unpaired) electrons. The van der Waals surface area contributed by atoms with Crippen LogP contribution in [0.25, 0.3) is 10.8 Å². The second-order valence-electron chi connectivity index (χ2n) is 5.52. The third-order valence-electron chi connectivity index (χ3n) is 3.69. The minimum atomic E-state index is -0.436. The SMILES string of the molecule is CN(C)c1ccc(N=Nc2ccc([N+](=O)[O-])cc2)c2ccccc12. The summed E-state index contributed by atoms with van der Waals surface area (Å²) in [7, 11) is 4.00. The standard InChI is InChI=1S/C18H16N4O2/c1-21(2)18-12-11-17(15-5-3-4-6-16(15)18)20-19-13-7-9-14(10-8-13)22(23)24/h3-12H,1-2H3. The molecule has 0 aromatic heterocycles. The van der Waals surface area contributed by atoms with Crippen LogP contribution in [-0.2, 0) is 0 Å². The molecule has 0 amide bonds. The number of rotatable bonds is 4. The summed E-state index contributed by atoms with van der Waals surface area (Å²) in [5, 5.41) is 21.3. The fourth-order valence-corrected chi connectivity index (χ4v) is 2.50. The van der Waals surface area contributed by atoms with Gasteiger partial charge in [-0.05, 0) is 24.3 Å². The molecule has 0 aliphatic rings. The van der Waals surface area contributed by atoms with Gasteiger partial charge >= 0.3 is 0 Å². The third kappa shape index (κ3) is 3.08. The van der Waals surface area contributed by atoms with E-state index >= 15 is 0 Å². The molecule has 120 valence electrons. The van der Waals surface area contributed by atoms with Crippen molar-refractivity contribution >= 4 is 33.5 Å². The van der Waals surface area contributed by atoms with Gasteiger partial charge in [0.1, 0.15) is 0 Å². The van der Waals surface area contributed by atoms with Crippen LogP contribution in [-0.4, -0.2) is 19.0 Å². The van der Waals surface area contributed by atoms with E-state index in [4.69, 9.17) is 0 Å². The van der Waals surface area contributed by atoms with E-state index in [0.717, 1.165) is 22.1 Å². The van der Waals surface area contributed by atoms with Crippen molar-refractivity contribution in [2.75, 3.05) is 19.0 Å². The number of nitrogens with zero attached hydrogens (tertiary/aromatic N) is 4. The maximum atomic E-state index is 10.7. The third-order valence-corrected chi connectivity index (χ3v) is 3.69. The summed E-state index contributed by atoms with van der Waals surface area (Å²) in [6.45, 7) is 0. The van der Waals surface area contributed by atoms with E-state index in [0.29, 0.717) is 5.69 Å². The zero-order valence-corrected chi connectivity index (χ0v) is 13.4. The summed E-state index contributed by atoms with van der Waals surface area (Å²) in [6.07, 6.45) is 0. The first-order valence-electron chi connectivity index (χ1n) is 7.41. The number of hydrogen-bond donors (Lipinski definition) is 0. The molecule has 24 heavy (non-hydrogen) atoms. The monoisotopic (exact) mass is 320 g/mol. The minimum absolute atomic E-state index is 0.0368. The van der Waals surface area contributed by atoms with Crippen molar-refractivity contribution in [1.29, 1.82) is 0 Å². The molecular weight excluding hydrogens is 304 g/mol. The van der Waals surface area contributed by atoms with E-state index in [9.17, 15) is 10.1 Å². The van der Waals surface area contributed by atoms with E-state index in [1.807, 2.05) is 44.4 Å². The van der Waals surface area contributed by atoms with Gasteiger partial charge in [0.15, 0.2) is 0 Å². The smallest absolute Gasteiger partial charge is 0.269 e. The van der Waals surface area contributed by atoms with Crippen molar-refractivity contribution in [3.8, 4) is 0 Å². The second-order valence-corrected chi connectivity index (χ2v) is 5.52. The molecule has 0 unspecified atom stereocenters. The Hall–Kier alpha value is -3.28. The lowest BCUT2D eigenvalue weighted by molar-refractivity contribution is -0.384. The van der Waals surface area contributed by atoms with Crippen LogP contribution in [0.4, 0.5) is 22.7 Å². The molecule has 0 fully saturated rings. The van der Waals surface area contributed by atoms with Gasteiger partial charge in [-0.1, -0.05) is 24.3 Å². The lowest BCUT2D eigenvalue weighted by Gasteiger charge is -2.16. The van der Waals surface area contributed by atoms with E-state index < -0.39 is 4.92 Å².